The fourth-order valence-electron chi connectivity index (χ4n) is 0. The number of hydrogen-bond acceptors (Lipinski definition) is 3. The minimum absolute atomic E-state index is 0. The zero-order chi connectivity index (χ0) is 12.0. The number of hydrogen-bond donors (Lipinski definition) is 0. The Hall–Kier alpha value is -0.302. The van der Waals surface area contributed by atoms with Crippen LogP contribution in [0, 0.1) is 20.8 Å². The van der Waals surface area contributed by atoms with Gasteiger partial charge in [-0.15, -0.1) is 0 Å². The van der Waals surface area contributed by atoms with Crippen LogP contribution >= 0.6 is 0 Å². The minimum atomic E-state index is 0. The molecule has 0 amide bonds. The van der Waals surface area contributed by atoms with E-state index in [1.54, 1.807) is 20.8 Å². The molecule has 0 rings (SSSR count). The minimum Gasteiger partial charge on any atom is -0.545 e. The van der Waals surface area contributed by atoms with Crippen LogP contribution in [0.2, 0.25) is 0 Å². The molecule has 0 aliphatic carbocycles. The molecule has 0 aromatic carbocycles. The molecule has 0 heterocycles. The summed E-state index contributed by atoms with van der Waals surface area (Å²) in [5.74, 6) is 0. The maximum Gasteiger partial charge on any atom is 0 e. The second-order valence-corrected chi connectivity index (χ2v) is 0. The fourth-order valence-corrected chi connectivity index (χ4v) is 0. The van der Waals surface area contributed by atoms with Crippen LogP contribution in [0.5, 0.6) is 0 Å². The quantitative estimate of drug-likeness (QED) is 0.382. The Labute approximate surface area is 97.6 Å². The zero-order valence-electron chi connectivity index (χ0n) is 8.49. The van der Waals surface area contributed by atoms with Crippen molar-refractivity contribution < 1.29 is 35.4 Å². The first-order valence-corrected chi connectivity index (χ1v) is 2.83. The van der Waals surface area contributed by atoms with Crippen LogP contribution in [-0.4, -0.2) is 20.4 Å². The van der Waals surface area contributed by atoms with E-state index in [0.29, 0.717) is 0 Å². The van der Waals surface area contributed by atoms with Crippen molar-refractivity contribution in [3.05, 3.63) is 20.8 Å². The van der Waals surface area contributed by atoms with Crippen LogP contribution in [0.1, 0.15) is 20.8 Å². The molecule has 84 valence electrons. The van der Waals surface area contributed by atoms with Crippen molar-refractivity contribution in [3.63, 3.8) is 0 Å². The van der Waals surface area contributed by atoms with E-state index in [1.165, 1.54) is 0 Å². The third kappa shape index (κ3) is 12100. The first kappa shape index (κ1) is 53.5. The number of carbonyl (C=O) groups excluding carboxylic acids is 3. The van der Waals surface area contributed by atoms with Crippen molar-refractivity contribution in [2.24, 2.45) is 0 Å². The van der Waals surface area contributed by atoms with Crippen molar-refractivity contribution in [1.82, 2.24) is 0 Å². The molecule has 0 atom stereocenters. The molecule has 3 nitrogen and oxygen atoms in total. The Balaban J connectivity index is -0.00000000655. The van der Waals surface area contributed by atoms with Crippen molar-refractivity contribution in [2.45, 2.75) is 20.8 Å². The van der Waals surface area contributed by atoms with E-state index >= 15 is 0 Å². The molecule has 0 aromatic heterocycles. The van der Waals surface area contributed by atoms with Crippen LogP contribution in [0.4, 0.5) is 0 Å². The SMILES string of the molecule is [CH-]=O.[CH-]=O.[CH-]=O.[CH2-]C.[CH2-]C.[CH2-]C.[Mo]. The molecule has 0 aliphatic heterocycles. The molecule has 0 bridgehead atoms. The monoisotopic (exact) mass is 272 g/mol. The second-order valence-electron chi connectivity index (χ2n) is 0. The standard InChI is InChI=1S/3C2H5.3CHO.Mo/c6*1-2;/h3*1H2,2H3;3*1H;/q6*-1;. The van der Waals surface area contributed by atoms with Gasteiger partial charge in [-0.05, 0) is 0 Å². The van der Waals surface area contributed by atoms with E-state index in [0.717, 1.165) is 0 Å². The van der Waals surface area contributed by atoms with Crippen LogP contribution in [-0.2, 0) is 35.4 Å². The Morgan fingerprint density at radius 3 is 0.538 bits per heavy atom. The molecular weight excluding hydrogens is 252 g/mol. The normalized spacial score (nSPS) is 2.31. The average Bonchev–Trinajstić information content (AvgIpc) is 2.33. The molecule has 13 heavy (non-hydrogen) atoms. The second kappa shape index (κ2) is 14700. The maximum absolute atomic E-state index is 7.75. The fraction of sp³-hybridized carbons (Fsp3) is 0.333. The Morgan fingerprint density at radius 2 is 0.538 bits per heavy atom. The predicted octanol–water partition coefficient (Wildman–Crippen LogP) is 1.70. The maximum atomic E-state index is 7.75. The molecule has 0 saturated heterocycles. The van der Waals surface area contributed by atoms with Gasteiger partial charge in [0, 0.05) is 21.1 Å². The number of rotatable bonds is 0. The summed E-state index contributed by atoms with van der Waals surface area (Å²) in [7, 11) is 0. The van der Waals surface area contributed by atoms with Gasteiger partial charge in [0.1, 0.15) is 0 Å². The van der Waals surface area contributed by atoms with Gasteiger partial charge in [-0.3, -0.25) is 20.4 Å². The van der Waals surface area contributed by atoms with E-state index in [-0.39, 0.29) is 21.1 Å². The summed E-state index contributed by atoms with van der Waals surface area (Å²) < 4.78 is 0. The van der Waals surface area contributed by atoms with Crippen molar-refractivity contribution in [1.29, 1.82) is 0 Å². The van der Waals surface area contributed by atoms with Gasteiger partial charge in [-0.1, -0.05) is 0 Å². The predicted molar refractivity (Wildman–Crippen MR) is 53.3 cm³/mol. The first-order valence-electron chi connectivity index (χ1n) is 2.83. The smallest absolute Gasteiger partial charge is 0 e. The zero-order valence-corrected chi connectivity index (χ0v) is 10.5. The largest absolute Gasteiger partial charge is 0.545 e. The summed E-state index contributed by atoms with van der Waals surface area (Å²) in [6, 6.07) is 0. The van der Waals surface area contributed by atoms with Crippen molar-refractivity contribution in [2.75, 3.05) is 0 Å². The van der Waals surface area contributed by atoms with E-state index in [9.17, 15) is 0 Å². The molecule has 0 spiro atoms. The van der Waals surface area contributed by atoms with E-state index in [1.807, 2.05) is 0 Å². The van der Waals surface area contributed by atoms with Gasteiger partial charge in [-0.2, -0.15) is 20.8 Å². The van der Waals surface area contributed by atoms with Crippen molar-refractivity contribution >= 4 is 20.4 Å². The summed E-state index contributed by atoms with van der Waals surface area (Å²) in [6.45, 7) is 24.8. The van der Waals surface area contributed by atoms with Gasteiger partial charge in [0.25, 0.3) is 0 Å². The van der Waals surface area contributed by atoms with Gasteiger partial charge in [0.05, 0.1) is 0 Å². The summed E-state index contributed by atoms with van der Waals surface area (Å²) in [6.07, 6.45) is 0. The Kier molecular flexibility index (Phi) is 60600. The van der Waals surface area contributed by atoms with Crippen molar-refractivity contribution in [3.8, 4) is 0 Å². The summed E-state index contributed by atoms with van der Waals surface area (Å²) in [4.78, 5) is 23.2. The van der Waals surface area contributed by atoms with Gasteiger partial charge >= 0.3 is 0 Å². The van der Waals surface area contributed by atoms with E-state index in [2.05, 4.69) is 41.1 Å². The van der Waals surface area contributed by atoms with Crippen LogP contribution in [0.3, 0.4) is 0 Å². The Morgan fingerprint density at radius 1 is 0.538 bits per heavy atom. The Bertz CT molecular complexity index is 19.6. The molecule has 0 aliphatic rings. The summed E-state index contributed by atoms with van der Waals surface area (Å²) in [5, 5.41) is 0. The average molecular weight is 270 g/mol. The molecule has 0 saturated carbocycles. The summed E-state index contributed by atoms with van der Waals surface area (Å²) >= 11 is 0. The molecular formula is C9H18MoO3-6. The molecule has 0 aromatic rings. The molecule has 4 heteroatoms. The molecule has 0 radical (unpaired) electrons. The van der Waals surface area contributed by atoms with Gasteiger partial charge in [0.15, 0.2) is 0 Å². The molecule has 0 fully saturated rings. The van der Waals surface area contributed by atoms with E-state index in [4.69, 9.17) is 14.4 Å². The van der Waals surface area contributed by atoms with Crippen LogP contribution in [0.25, 0.3) is 0 Å². The van der Waals surface area contributed by atoms with Gasteiger partial charge in [0.2, 0.25) is 0 Å². The summed E-state index contributed by atoms with van der Waals surface area (Å²) in [5.41, 5.74) is 0. The first-order chi connectivity index (χ1) is 6.00. The molecule has 0 N–H and O–H groups in total. The van der Waals surface area contributed by atoms with E-state index < -0.39 is 0 Å². The molecule has 0 unspecified atom stereocenters. The van der Waals surface area contributed by atoms with Crippen LogP contribution in [0.15, 0.2) is 0 Å². The third-order valence-electron chi connectivity index (χ3n) is 0. The van der Waals surface area contributed by atoms with Crippen LogP contribution < -0.4 is 0 Å². The van der Waals surface area contributed by atoms with Gasteiger partial charge < -0.3 is 35.2 Å². The topological polar surface area (TPSA) is 51.2 Å². The third-order valence-corrected chi connectivity index (χ3v) is 0. The van der Waals surface area contributed by atoms with Gasteiger partial charge in [-0.25, -0.2) is 0 Å².